The molecule has 0 atom stereocenters. The Balaban J connectivity index is 1.74. The first-order valence-electron chi connectivity index (χ1n) is 5.87. The number of aromatic nitrogens is 1. The summed E-state index contributed by atoms with van der Waals surface area (Å²) in [5.74, 6) is -0.887. The number of nitrogens with one attached hydrogen (secondary N) is 1. The van der Waals surface area contributed by atoms with Gasteiger partial charge >= 0.3 is 5.97 Å². The molecule has 1 aromatic heterocycles. The largest absolute Gasteiger partial charge is 0.476 e. The maximum atomic E-state index is 11.7. The van der Waals surface area contributed by atoms with Crippen molar-refractivity contribution in [1.29, 1.82) is 0 Å². The molecule has 2 N–H and O–H groups in total. The van der Waals surface area contributed by atoms with Crippen LogP contribution in [0.25, 0.3) is 0 Å². The minimum atomic E-state index is -1.03. The molecule has 0 aromatic carbocycles. The zero-order chi connectivity index (χ0) is 13.0. The van der Waals surface area contributed by atoms with Crippen molar-refractivity contribution in [2.45, 2.75) is 19.3 Å². The molecule has 98 valence electrons. The average molecular weight is 269 g/mol. The molecule has 0 saturated carbocycles. The van der Waals surface area contributed by atoms with Crippen LogP contribution < -0.4 is 5.32 Å². The number of hydrogen-bond donors (Lipinski definition) is 2. The third-order valence-electron chi connectivity index (χ3n) is 2.80. The molecule has 0 spiro atoms. The molecule has 1 fully saturated rings. The summed E-state index contributed by atoms with van der Waals surface area (Å²) in [5.41, 5.74) is 0.0355. The van der Waals surface area contributed by atoms with Crippen LogP contribution in [0.15, 0.2) is 5.38 Å². The van der Waals surface area contributed by atoms with Crippen molar-refractivity contribution in [3.05, 3.63) is 11.1 Å². The van der Waals surface area contributed by atoms with Crippen LogP contribution in [0.5, 0.6) is 0 Å². The first kappa shape index (κ1) is 12.8. The molecule has 6 nitrogen and oxygen atoms in total. The number of nitrogens with zero attached hydrogens (tertiary/aromatic N) is 2. The zero-order valence-electron chi connectivity index (χ0n) is 9.89. The first-order chi connectivity index (χ1) is 8.66. The standard InChI is InChI=1S/C11H15N3O3S/c15-9(14-5-1-2-6-14)3-4-12-11-13-8(7-18-11)10(16)17/h7H,1-6H2,(H,12,13)(H,16,17). The number of likely N-dealkylation sites (tertiary alicyclic amines) is 1. The lowest BCUT2D eigenvalue weighted by atomic mass is 10.3. The summed E-state index contributed by atoms with van der Waals surface area (Å²) in [6.45, 7) is 2.21. The van der Waals surface area contributed by atoms with E-state index in [2.05, 4.69) is 10.3 Å². The van der Waals surface area contributed by atoms with Crippen molar-refractivity contribution in [3.63, 3.8) is 0 Å². The second-order valence-corrected chi connectivity index (χ2v) is 4.97. The van der Waals surface area contributed by atoms with Crippen LogP contribution in [0.4, 0.5) is 5.13 Å². The van der Waals surface area contributed by atoms with Gasteiger partial charge in [-0.15, -0.1) is 11.3 Å². The SMILES string of the molecule is O=C(O)c1csc(NCCC(=O)N2CCCC2)n1. The van der Waals surface area contributed by atoms with Gasteiger partial charge in [0.25, 0.3) is 0 Å². The van der Waals surface area contributed by atoms with Crippen LogP contribution in [-0.4, -0.2) is 46.5 Å². The molecule has 1 aliphatic rings. The Morgan fingerprint density at radius 2 is 2.17 bits per heavy atom. The molecule has 2 heterocycles. The quantitative estimate of drug-likeness (QED) is 0.841. The summed E-state index contributed by atoms with van der Waals surface area (Å²) in [6.07, 6.45) is 2.60. The summed E-state index contributed by atoms with van der Waals surface area (Å²) in [5, 5.41) is 13.7. The Labute approximate surface area is 109 Å². The topological polar surface area (TPSA) is 82.5 Å². The minimum Gasteiger partial charge on any atom is -0.476 e. The van der Waals surface area contributed by atoms with E-state index >= 15 is 0 Å². The van der Waals surface area contributed by atoms with E-state index in [4.69, 9.17) is 5.11 Å². The van der Waals surface area contributed by atoms with Gasteiger partial charge < -0.3 is 15.3 Å². The third-order valence-corrected chi connectivity index (χ3v) is 3.60. The van der Waals surface area contributed by atoms with Crippen LogP contribution in [0.2, 0.25) is 0 Å². The lowest BCUT2D eigenvalue weighted by Crippen LogP contribution is -2.29. The Kier molecular flexibility index (Phi) is 4.14. The van der Waals surface area contributed by atoms with Gasteiger partial charge in [0.1, 0.15) is 0 Å². The Hall–Kier alpha value is -1.63. The number of carboxylic acids is 1. The molecule has 0 aliphatic carbocycles. The van der Waals surface area contributed by atoms with Gasteiger partial charge in [0.2, 0.25) is 5.91 Å². The number of hydrogen-bond acceptors (Lipinski definition) is 5. The summed E-state index contributed by atoms with van der Waals surface area (Å²) < 4.78 is 0. The normalized spacial score (nSPS) is 14.8. The molecule has 1 saturated heterocycles. The molecule has 0 bridgehead atoms. The van der Waals surface area contributed by atoms with Crippen molar-refractivity contribution >= 4 is 28.3 Å². The van der Waals surface area contributed by atoms with Gasteiger partial charge in [-0.3, -0.25) is 4.79 Å². The molecular formula is C11H15N3O3S. The van der Waals surface area contributed by atoms with E-state index in [-0.39, 0.29) is 11.6 Å². The van der Waals surface area contributed by atoms with E-state index in [0.717, 1.165) is 25.9 Å². The fraction of sp³-hybridized carbons (Fsp3) is 0.545. The van der Waals surface area contributed by atoms with E-state index in [0.29, 0.717) is 18.1 Å². The first-order valence-corrected chi connectivity index (χ1v) is 6.75. The van der Waals surface area contributed by atoms with Crippen molar-refractivity contribution < 1.29 is 14.7 Å². The highest BCUT2D eigenvalue weighted by Crippen LogP contribution is 2.15. The fourth-order valence-corrected chi connectivity index (χ4v) is 2.57. The summed E-state index contributed by atoms with van der Waals surface area (Å²) in [7, 11) is 0. The van der Waals surface area contributed by atoms with Crippen LogP contribution in [-0.2, 0) is 4.79 Å². The zero-order valence-corrected chi connectivity index (χ0v) is 10.7. The minimum absolute atomic E-state index is 0.0355. The number of carbonyl (C=O) groups excluding carboxylic acids is 1. The molecule has 1 amide bonds. The number of amides is 1. The second kappa shape index (κ2) is 5.81. The Bertz CT molecular complexity index is 440. The fourth-order valence-electron chi connectivity index (χ4n) is 1.85. The lowest BCUT2D eigenvalue weighted by molar-refractivity contribution is -0.129. The van der Waals surface area contributed by atoms with Crippen LogP contribution in [0, 0.1) is 0 Å². The van der Waals surface area contributed by atoms with Crippen molar-refractivity contribution in [3.8, 4) is 0 Å². The van der Waals surface area contributed by atoms with Crippen LogP contribution in [0.3, 0.4) is 0 Å². The van der Waals surface area contributed by atoms with Gasteiger partial charge in [0.05, 0.1) is 0 Å². The van der Waals surface area contributed by atoms with Crippen LogP contribution in [0.1, 0.15) is 29.8 Å². The monoisotopic (exact) mass is 269 g/mol. The lowest BCUT2D eigenvalue weighted by Gasteiger charge is -2.14. The average Bonchev–Trinajstić information content (AvgIpc) is 3.00. The van der Waals surface area contributed by atoms with E-state index in [1.54, 1.807) is 0 Å². The van der Waals surface area contributed by atoms with E-state index in [1.165, 1.54) is 16.7 Å². The highest BCUT2D eigenvalue weighted by molar-refractivity contribution is 7.13. The summed E-state index contributed by atoms with van der Waals surface area (Å²) in [4.78, 5) is 28.1. The van der Waals surface area contributed by atoms with E-state index in [9.17, 15) is 9.59 Å². The van der Waals surface area contributed by atoms with Crippen molar-refractivity contribution in [2.24, 2.45) is 0 Å². The Morgan fingerprint density at radius 1 is 1.44 bits per heavy atom. The number of anilines is 1. The molecule has 1 aromatic rings. The summed E-state index contributed by atoms with van der Waals surface area (Å²) >= 11 is 1.23. The molecule has 2 rings (SSSR count). The van der Waals surface area contributed by atoms with Gasteiger partial charge in [0.15, 0.2) is 10.8 Å². The molecule has 7 heteroatoms. The van der Waals surface area contributed by atoms with Gasteiger partial charge in [-0.05, 0) is 12.8 Å². The highest BCUT2D eigenvalue weighted by atomic mass is 32.1. The number of carboxylic acid groups (broad SMARTS) is 1. The Morgan fingerprint density at radius 3 is 2.78 bits per heavy atom. The van der Waals surface area contributed by atoms with Crippen molar-refractivity contribution in [1.82, 2.24) is 9.88 Å². The van der Waals surface area contributed by atoms with E-state index in [1.807, 2.05) is 4.90 Å². The molecule has 0 radical (unpaired) electrons. The molecule has 1 aliphatic heterocycles. The molecule has 18 heavy (non-hydrogen) atoms. The van der Waals surface area contributed by atoms with Crippen LogP contribution >= 0.6 is 11.3 Å². The summed E-state index contributed by atoms with van der Waals surface area (Å²) in [6, 6.07) is 0. The smallest absolute Gasteiger partial charge is 0.355 e. The van der Waals surface area contributed by atoms with Gasteiger partial charge in [0, 0.05) is 31.4 Å². The second-order valence-electron chi connectivity index (χ2n) is 4.11. The number of rotatable bonds is 5. The van der Waals surface area contributed by atoms with E-state index < -0.39 is 5.97 Å². The third kappa shape index (κ3) is 3.19. The predicted octanol–water partition coefficient (Wildman–Crippen LogP) is 1.27. The molecule has 0 unspecified atom stereocenters. The maximum absolute atomic E-state index is 11.7. The highest BCUT2D eigenvalue weighted by Gasteiger charge is 2.17. The maximum Gasteiger partial charge on any atom is 0.355 e. The molecular weight excluding hydrogens is 254 g/mol. The van der Waals surface area contributed by atoms with Gasteiger partial charge in [-0.2, -0.15) is 0 Å². The predicted molar refractivity (Wildman–Crippen MR) is 68.0 cm³/mol. The number of aromatic carboxylic acids is 1. The van der Waals surface area contributed by atoms with Gasteiger partial charge in [-0.1, -0.05) is 0 Å². The van der Waals surface area contributed by atoms with Gasteiger partial charge in [-0.25, -0.2) is 9.78 Å². The number of carbonyl (C=O) groups is 2. The van der Waals surface area contributed by atoms with Crippen molar-refractivity contribution in [2.75, 3.05) is 25.0 Å². The number of thiazole rings is 1.